The number of nitrogens with one attached hydrogen (secondary N) is 1. The molecular formula is C18H31IN4O2S3. The minimum atomic E-state index is -3.34. The molecular weight excluding hydrogens is 527 g/mol. The molecule has 0 unspecified atom stereocenters. The van der Waals surface area contributed by atoms with E-state index < -0.39 is 10.0 Å². The van der Waals surface area contributed by atoms with Crippen molar-refractivity contribution in [2.24, 2.45) is 4.99 Å². The summed E-state index contributed by atoms with van der Waals surface area (Å²) in [6.07, 6.45) is 3.04. The number of aliphatic imine (C=N–C) groups is 1. The summed E-state index contributed by atoms with van der Waals surface area (Å²) >= 11 is 3.35. The van der Waals surface area contributed by atoms with Gasteiger partial charge in [0, 0.05) is 48.6 Å². The number of piperidine rings is 1. The van der Waals surface area contributed by atoms with Gasteiger partial charge in [0.2, 0.25) is 0 Å². The van der Waals surface area contributed by atoms with Crippen molar-refractivity contribution in [3.8, 4) is 0 Å². The maximum Gasteiger partial charge on any atom is 0.252 e. The normalized spacial score (nSPS) is 21.2. The highest BCUT2D eigenvalue weighted by molar-refractivity contribution is 14.0. The predicted molar refractivity (Wildman–Crippen MR) is 131 cm³/mol. The van der Waals surface area contributed by atoms with Gasteiger partial charge in [-0.05, 0) is 38.8 Å². The van der Waals surface area contributed by atoms with Gasteiger partial charge in [-0.1, -0.05) is 6.42 Å². The number of thiophene rings is 1. The lowest BCUT2D eigenvalue weighted by molar-refractivity contribution is 0.347. The van der Waals surface area contributed by atoms with Crippen molar-refractivity contribution in [1.29, 1.82) is 0 Å². The topological polar surface area (TPSA) is 65.0 Å². The quantitative estimate of drug-likeness (QED) is 0.349. The van der Waals surface area contributed by atoms with Crippen LogP contribution in [-0.4, -0.2) is 67.3 Å². The molecule has 2 aliphatic rings. The summed E-state index contributed by atoms with van der Waals surface area (Å²) in [4.78, 5) is 7.72. The Bertz CT molecular complexity index is 774. The molecule has 0 saturated carbocycles. The lowest BCUT2D eigenvalue weighted by Crippen LogP contribution is -2.50. The first-order valence-corrected chi connectivity index (χ1v) is 12.7. The van der Waals surface area contributed by atoms with Crippen LogP contribution in [0.2, 0.25) is 0 Å². The summed E-state index contributed by atoms with van der Waals surface area (Å²) in [5.41, 5.74) is 0. The molecule has 3 rings (SSSR count). The van der Waals surface area contributed by atoms with Gasteiger partial charge >= 0.3 is 0 Å². The van der Waals surface area contributed by atoms with Gasteiger partial charge in [0.1, 0.15) is 4.21 Å². The first kappa shape index (κ1) is 24.2. The molecule has 6 nitrogen and oxygen atoms in total. The van der Waals surface area contributed by atoms with Gasteiger partial charge in [-0.25, -0.2) is 8.42 Å². The second kappa shape index (κ2) is 10.3. The van der Waals surface area contributed by atoms with E-state index in [4.69, 9.17) is 0 Å². The molecule has 1 N–H and O–H groups in total. The van der Waals surface area contributed by atoms with Crippen LogP contribution in [0.5, 0.6) is 0 Å². The summed E-state index contributed by atoms with van der Waals surface area (Å²) in [6.45, 7) is 8.33. The van der Waals surface area contributed by atoms with E-state index in [0.29, 0.717) is 23.8 Å². The van der Waals surface area contributed by atoms with Crippen molar-refractivity contribution >= 4 is 63.1 Å². The second-order valence-corrected chi connectivity index (χ2v) is 12.8. The van der Waals surface area contributed by atoms with Crippen LogP contribution in [0, 0.1) is 0 Å². The molecule has 1 aromatic heterocycles. The number of thioether (sulfide) groups is 1. The Hall–Kier alpha value is -0.0400. The van der Waals surface area contributed by atoms with Gasteiger partial charge in [-0.3, -0.25) is 4.99 Å². The fourth-order valence-electron chi connectivity index (χ4n) is 3.52. The summed E-state index contributed by atoms with van der Waals surface area (Å²) < 4.78 is 27.9. The maximum atomic E-state index is 12.8. The van der Waals surface area contributed by atoms with Crippen molar-refractivity contribution in [2.75, 3.05) is 39.0 Å². The number of guanidine groups is 1. The molecule has 0 spiro atoms. The molecule has 0 radical (unpaired) electrons. The van der Waals surface area contributed by atoms with Crippen molar-refractivity contribution in [3.05, 3.63) is 17.0 Å². The summed E-state index contributed by atoms with van der Waals surface area (Å²) in [6, 6.07) is 3.66. The van der Waals surface area contributed by atoms with Crippen molar-refractivity contribution in [1.82, 2.24) is 14.5 Å². The molecule has 0 aliphatic carbocycles. The SMILES string of the molecule is CN=C(NCc1ccc(S(=O)(=O)N2CCCCC2)s1)N1CCSC(C)(C)C1.I. The van der Waals surface area contributed by atoms with Gasteiger partial charge < -0.3 is 10.2 Å². The Balaban J connectivity index is 0.00000280. The Morgan fingerprint density at radius 2 is 1.93 bits per heavy atom. The molecule has 1 aromatic rings. The van der Waals surface area contributed by atoms with Crippen molar-refractivity contribution in [3.63, 3.8) is 0 Å². The summed E-state index contributed by atoms with van der Waals surface area (Å²) in [7, 11) is -1.54. The number of hydrogen-bond donors (Lipinski definition) is 1. The number of sulfonamides is 1. The molecule has 3 heterocycles. The summed E-state index contributed by atoms with van der Waals surface area (Å²) in [5.74, 6) is 1.97. The Labute approximate surface area is 194 Å². The van der Waals surface area contributed by atoms with Crippen LogP contribution in [0.15, 0.2) is 21.3 Å². The number of nitrogens with zero attached hydrogens (tertiary/aromatic N) is 3. The van der Waals surface area contributed by atoms with Crippen LogP contribution in [-0.2, 0) is 16.6 Å². The van der Waals surface area contributed by atoms with Crippen LogP contribution in [0.3, 0.4) is 0 Å². The molecule has 0 atom stereocenters. The molecule has 10 heteroatoms. The van der Waals surface area contributed by atoms with Crippen LogP contribution in [0.25, 0.3) is 0 Å². The lowest BCUT2D eigenvalue weighted by Gasteiger charge is -2.39. The van der Waals surface area contributed by atoms with E-state index >= 15 is 0 Å². The molecule has 2 aliphatic heterocycles. The van der Waals surface area contributed by atoms with Crippen LogP contribution in [0.1, 0.15) is 38.0 Å². The smallest absolute Gasteiger partial charge is 0.252 e. The third-order valence-electron chi connectivity index (χ3n) is 4.90. The molecule has 160 valence electrons. The average molecular weight is 559 g/mol. The zero-order valence-electron chi connectivity index (χ0n) is 16.8. The van der Waals surface area contributed by atoms with Crippen molar-refractivity contribution in [2.45, 2.75) is 48.6 Å². The van der Waals surface area contributed by atoms with Gasteiger partial charge in [-0.15, -0.1) is 35.3 Å². The Kier molecular flexibility index (Phi) is 8.93. The first-order chi connectivity index (χ1) is 12.8. The summed E-state index contributed by atoms with van der Waals surface area (Å²) in [5, 5.41) is 3.41. The van der Waals surface area contributed by atoms with E-state index in [-0.39, 0.29) is 28.7 Å². The van der Waals surface area contributed by atoms with E-state index in [0.717, 1.165) is 48.9 Å². The van der Waals surface area contributed by atoms with Gasteiger partial charge in [0.25, 0.3) is 10.0 Å². The third kappa shape index (κ3) is 5.99. The Morgan fingerprint density at radius 3 is 2.57 bits per heavy atom. The third-order valence-corrected chi connectivity index (χ3v) is 9.65. The highest BCUT2D eigenvalue weighted by Gasteiger charge is 2.29. The van der Waals surface area contributed by atoms with E-state index in [9.17, 15) is 8.42 Å². The molecule has 0 aromatic carbocycles. The van der Waals surface area contributed by atoms with Crippen molar-refractivity contribution < 1.29 is 8.42 Å². The largest absolute Gasteiger partial charge is 0.351 e. The number of hydrogen-bond acceptors (Lipinski definition) is 5. The predicted octanol–water partition coefficient (Wildman–Crippen LogP) is 3.44. The van der Waals surface area contributed by atoms with Crippen LogP contribution < -0.4 is 5.32 Å². The highest BCUT2D eigenvalue weighted by atomic mass is 127. The van der Waals surface area contributed by atoms with E-state index in [1.165, 1.54) is 11.3 Å². The highest BCUT2D eigenvalue weighted by Crippen LogP contribution is 2.30. The first-order valence-electron chi connectivity index (χ1n) is 9.50. The zero-order chi connectivity index (χ0) is 19.5. The van der Waals surface area contributed by atoms with E-state index in [2.05, 4.69) is 29.1 Å². The van der Waals surface area contributed by atoms with E-state index in [1.54, 1.807) is 17.4 Å². The van der Waals surface area contributed by atoms with E-state index in [1.807, 2.05) is 17.8 Å². The average Bonchev–Trinajstić information content (AvgIpc) is 3.12. The standard InChI is InChI=1S/C18H30N4O2S3.HI/c1-18(2)14-21(11-12-25-18)17(19-3)20-13-15-7-8-16(26-15)27(23,24)22-9-5-4-6-10-22;/h7-8H,4-6,9-14H2,1-3H3,(H,19,20);1H. The number of rotatable bonds is 4. The minimum Gasteiger partial charge on any atom is -0.351 e. The maximum absolute atomic E-state index is 12.8. The minimum absolute atomic E-state index is 0. The van der Waals surface area contributed by atoms with Gasteiger partial charge in [-0.2, -0.15) is 16.1 Å². The zero-order valence-corrected chi connectivity index (χ0v) is 21.6. The fourth-order valence-corrected chi connectivity index (χ4v) is 7.60. The molecule has 0 amide bonds. The van der Waals surface area contributed by atoms with Gasteiger partial charge in [0.15, 0.2) is 5.96 Å². The fraction of sp³-hybridized carbons (Fsp3) is 0.722. The number of halogens is 1. The Morgan fingerprint density at radius 1 is 1.21 bits per heavy atom. The molecule has 0 bridgehead atoms. The van der Waals surface area contributed by atoms with Crippen LogP contribution >= 0.6 is 47.1 Å². The monoisotopic (exact) mass is 558 g/mol. The van der Waals surface area contributed by atoms with Gasteiger partial charge in [0.05, 0.1) is 6.54 Å². The lowest BCUT2D eigenvalue weighted by atomic mass is 10.2. The van der Waals surface area contributed by atoms with Crippen LogP contribution in [0.4, 0.5) is 0 Å². The molecule has 2 saturated heterocycles. The second-order valence-electron chi connectivity index (χ2n) is 7.62. The molecule has 2 fully saturated rings. The molecule has 28 heavy (non-hydrogen) atoms.